The first kappa shape index (κ1) is 37.6. The SMILES string of the molecule is CCCCCCCCCCCCCCCC(=O)N(CC(=O)O)C(=O)CCCCCCCCCCCCCCC. The molecule has 5 nitrogen and oxygen atoms in total. The molecular formula is C34H65NO4. The molecule has 0 aromatic heterocycles. The lowest BCUT2D eigenvalue weighted by atomic mass is 10.0. The number of unbranched alkanes of at least 4 members (excludes halogenated alkanes) is 24. The van der Waals surface area contributed by atoms with E-state index in [0.29, 0.717) is 0 Å². The van der Waals surface area contributed by atoms with Gasteiger partial charge in [-0.05, 0) is 12.8 Å². The Balaban J connectivity index is 3.82. The van der Waals surface area contributed by atoms with Crippen LogP contribution in [0.5, 0.6) is 0 Å². The highest BCUT2D eigenvalue weighted by Gasteiger charge is 2.23. The predicted octanol–water partition coefficient (Wildman–Crippen LogP) is 10.4. The maximum atomic E-state index is 12.6. The maximum absolute atomic E-state index is 12.6. The summed E-state index contributed by atoms with van der Waals surface area (Å²) in [5.74, 6) is -1.76. The van der Waals surface area contributed by atoms with Crippen LogP contribution in [0, 0.1) is 0 Å². The largest absolute Gasteiger partial charge is 0.480 e. The Morgan fingerprint density at radius 2 is 0.641 bits per heavy atom. The Morgan fingerprint density at radius 1 is 0.410 bits per heavy atom. The van der Waals surface area contributed by atoms with Crippen molar-refractivity contribution in [3.8, 4) is 0 Å². The molecular weight excluding hydrogens is 486 g/mol. The van der Waals surface area contributed by atoms with Crippen LogP contribution in [0.4, 0.5) is 0 Å². The molecule has 0 aliphatic heterocycles. The molecule has 0 aliphatic rings. The lowest BCUT2D eigenvalue weighted by molar-refractivity contribution is -0.152. The monoisotopic (exact) mass is 551 g/mol. The molecule has 0 spiro atoms. The summed E-state index contributed by atoms with van der Waals surface area (Å²) in [6, 6.07) is 0. The number of nitrogens with zero attached hydrogens (tertiary/aromatic N) is 1. The van der Waals surface area contributed by atoms with E-state index in [-0.39, 0.29) is 24.7 Å². The second-order valence-corrected chi connectivity index (χ2v) is 11.8. The van der Waals surface area contributed by atoms with E-state index in [1.807, 2.05) is 0 Å². The van der Waals surface area contributed by atoms with E-state index in [2.05, 4.69) is 13.8 Å². The van der Waals surface area contributed by atoms with Gasteiger partial charge in [0.2, 0.25) is 11.8 Å². The van der Waals surface area contributed by atoms with Gasteiger partial charge < -0.3 is 5.11 Å². The molecule has 0 aliphatic carbocycles. The van der Waals surface area contributed by atoms with Crippen LogP contribution >= 0.6 is 0 Å². The molecule has 0 aromatic carbocycles. The highest BCUT2D eigenvalue weighted by molar-refractivity contribution is 5.97. The number of imide groups is 1. The first-order valence-electron chi connectivity index (χ1n) is 17.1. The van der Waals surface area contributed by atoms with Gasteiger partial charge in [-0.15, -0.1) is 0 Å². The van der Waals surface area contributed by atoms with Crippen molar-refractivity contribution in [3.05, 3.63) is 0 Å². The van der Waals surface area contributed by atoms with Gasteiger partial charge in [0.1, 0.15) is 6.54 Å². The number of aliphatic carboxylic acids is 1. The van der Waals surface area contributed by atoms with Crippen molar-refractivity contribution in [1.29, 1.82) is 0 Å². The van der Waals surface area contributed by atoms with Crippen LogP contribution in [0.25, 0.3) is 0 Å². The summed E-state index contributed by atoms with van der Waals surface area (Å²) in [6.45, 7) is 4.00. The first-order valence-corrected chi connectivity index (χ1v) is 17.1. The Bertz CT molecular complexity index is 536. The topological polar surface area (TPSA) is 74.7 Å². The van der Waals surface area contributed by atoms with Gasteiger partial charge in [-0.25, -0.2) is 0 Å². The van der Waals surface area contributed by atoms with Gasteiger partial charge in [0, 0.05) is 12.8 Å². The minimum Gasteiger partial charge on any atom is -0.480 e. The Morgan fingerprint density at radius 3 is 0.872 bits per heavy atom. The van der Waals surface area contributed by atoms with Crippen molar-refractivity contribution >= 4 is 17.8 Å². The van der Waals surface area contributed by atoms with E-state index in [9.17, 15) is 19.5 Å². The molecule has 0 saturated carbocycles. The first-order chi connectivity index (χ1) is 19.0. The van der Waals surface area contributed by atoms with Crippen molar-refractivity contribution < 1.29 is 19.5 Å². The number of hydrogen-bond acceptors (Lipinski definition) is 3. The van der Waals surface area contributed by atoms with E-state index < -0.39 is 12.5 Å². The average Bonchev–Trinajstić information content (AvgIpc) is 2.92. The zero-order valence-electron chi connectivity index (χ0n) is 26.1. The zero-order chi connectivity index (χ0) is 28.8. The van der Waals surface area contributed by atoms with E-state index in [0.717, 1.165) is 43.4 Å². The molecule has 230 valence electrons. The number of carboxylic acids is 1. The van der Waals surface area contributed by atoms with E-state index >= 15 is 0 Å². The third kappa shape index (κ3) is 26.6. The Hall–Kier alpha value is -1.39. The standard InChI is InChI=1S/C34H65NO4/c1-3-5-7-9-11-13-15-17-19-21-23-25-27-29-32(36)35(31-34(38)39)33(37)30-28-26-24-22-20-18-16-14-12-10-8-6-4-2/h3-31H2,1-2H3,(H,38,39). The van der Waals surface area contributed by atoms with Crippen molar-refractivity contribution in [3.63, 3.8) is 0 Å². The summed E-state index contributed by atoms with van der Waals surface area (Å²) < 4.78 is 0. The molecule has 5 heteroatoms. The van der Waals surface area contributed by atoms with Crippen LogP contribution in [0.1, 0.15) is 194 Å². The van der Waals surface area contributed by atoms with Crippen molar-refractivity contribution in [1.82, 2.24) is 4.90 Å². The van der Waals surface area contributed by atoms with Gasteiger partial charge >= 0.3 is 5.97 Å². The number of carbonyl (C=O) groups excluding carboxylic acids is 2. The van der Waals surface area contributed by atoms with Crippen molar-refractivity contribution in [2.24, 2.45) is 0 Å². The lowest BCUT2D eigenvalue weighted by Gasteiger charge is -2.19. The van der Waals surface area contributed by atoms with Crippen LogP contribution < -0.4 is 0 Å². The third-order valence-corrected chi connectivity index (χ3v) is 7.88. The van der Waals surface area contributed by atoms with Gasteiger partial charge in [0.05, 0.1) is 0 Å². The number of hydrogen-bond donors (Lipinski definition) is 1. The molecule has 1 N–H and O–H groups in total. The highest BCUT2D eigenvalue weighted by atomic mass is 16.4. The molecule has 0 aromatic rings. The van der Waals surface area contributed by atoms with E-state index in [1.54, 1.807) is 0 Å². The minimum atomic E-state index is -1.12. The second-order valence-electron chi connectivity index (χ2n) is 11.8. The molecule has 0 saturated heterocycles. The summed E-state index contributed by atoms with van der Waals surface area (Å²) in [5, 5.41) is 9.20. The van der Waals surface area contributed by atoms with Gasteiger partial charge in [0.15, 0.2) is 0 Å². The summed E-state index contributed by atoms with van der Waals surface area (Å²) in [5.41, 5.74) is 0. The Kier molecular flexibility index (Phi) is 28.5. The van der Waals surface area contributed by atoms with Crippen LogP contribution in [0.15, 0.2) is 0 Å². The Labute approximate surface area is 242 Å². The zero-order valence-corrected chi connectivity index (χ0v) is 26.1. The molecule has 0 rings (SSSR count). The highest BCUT2D eigenvalue weighted by Crippen LogP contribution is 2.15. The van der Waals surface area contributed by atoms with E-state index in [1.165, 1.54) is 128 Å². The van der Waals surface area contributed by atoms with Gasteiger partial charge in [-0.2, -0.15) is 0 Å². The van der Waals surface area contributed by atoms with Crippen LogP contribution in [0.2, 0.25) is 0 Å². The molecule has 0 radical (unpaired) electrons. The van der Waals surface area contributed by atoms with Crippen LogP contribution in [-0.2, 0) is 14.4 Å². The smallest absolute Gasteiger partial charge is 0.323 e. The molecule has 39 heavy (non-hydrogen) atoms. The second kappa shape index (κ2) is 29.6. The fourth-order valence-electron chi connectivity index (χ4n) is 5.31. The van der Waals surface area contributed by atoms with Crippen LogP contribution in [-0.4, -0.2) is 34.3 Å². The fraction of sp³-hybridized carbons (Fsp3) is 0.912. The molecule has 2 amide bonds. The van der Waals surface area contributed by atoms with Gasteiger partial charge in [0.25, 0.3) is 0 Å². The minimum absolute atomic E-state index is 0.273. The van der Waals surface area contributed by atoms with Gasteiger partial charge in [-0.3, -0.25) is 19.3 Å². The van der Waals surface area contributed by atoms with Gasteiger partial charge in [-0.1, -0.05) is 168 Å². The quantitative estimate of drug-likeness (QED) is 0.0901. The summed E-state index contributed by atoms with van der Waals surface area (Å²) in [6.07, 6.45) is 32.6. The normalized spacial score (nSPS) is 11.1. The van der Waals surface area contributed by atoms with Crippen molar-refractivity contribution in [2.75, 3.05) is 6.54 Å². The number of rotatable bonds is 30. The molecule has 0 unspecified atom stereocenters. The average molecular weight is 552 g/mol. The molecule has 0 atom stereocenters. The molecule has 0 bridgehead atoms. The fourth-order valence-corrected chi connectivity index (χ4v) is 5.31. The number of amides is 2. The summed E-state index contributed by atoms with van der Waals surface area (Å²) >= 11 is 0. The summed E-state index contributed by atoms with van der Waals surface area (Å²) in [7, 11) is 0. The summed E-state index contributed by atoms with van der Waals surface area (Å²) in [4.78, 5) is 37.4. The van der Waals surface area contributed by atoms with Crippen LogP contribution in [0.3, 0.4) is 0 Å². The molecule has 0 heterocycles. The molecule has 0 fully saturated rings. The number of carbonyl (C=O) groups is 3. The lowest BCUT2D eigenvalue weighted by Crippen LogP contribution is -2.40. The predicted molar refractivity (Wildman–Crippen MR) is 165 cm³/mol. The maximum Gasteiger partial charge on any atom is 0.323 e. The van der Waals surface area contributed by atoms with Crippen molar-refractivity contribution in [2.45, 2.75) is 194 Å². The third-order valence-electron chi connectivity index (χ3n) is 7.88. The van der Waals surface area contributed by atoms with E-state index in [4.69, 9.17) is 0 Å². The number of carboxylic acid groups (broad SMARTS) is 1.